The van der Waals surface area contributed by atoms with Crippen LogP contribution in [0.4, 0.5) is 11.4 Å². The van der Waals surface area contributed by atoms with E-state index in [1.807, 2.05) is 31.2 Å². The fourth-order valence-electron chi connectivity index (χ4n) is 3.31. The normalized spacial score (nSPS) is 15.7. The Morgan fingerprint density at radius 3 is 2.54 bits per heavy atom. The third-order valence-electron chi connectivity index (χ3n) is 4.77. The van der Waals surface area contributed by atoms with Gasteiger partial charge in [0.1, 0.15) is 0 Å². The van der Waals surface area contributed by atoms with Gasteiger partial charge in [0.25, 0.3) is 0 Å². The average Bonchev–Trinajstić information content (AvgIpc) is 2.63. The minimum absolute atomic E-state index is 0.223. The van der Waals surface area contributed by atoms with Crippen molar-refractivity contribution in [3.8, 4) is 0 Å². The molecule has 1 atom stereocenters. The van der Waals surface area contributed by atoms with E-state index in [0.717, 1.165) is 41.9 Å². The number of hydrogen-bond acceptors (Lipinski definition) is 3. The molecule has 136 valence electrons. The Bertz CT molecular complexity index is 814. The van der Waals surface area contributed by atoms with Crippen molar-refractivity contribution in [2.24, 2.45) is 0 Å². The second kappa shape index (κ2) is 8.41. The SMILES string of the molecule is CC1=C(Nc2cccc(NC(C)Cc3ccccc3)c2Cl)CCCC1=O. The summed E-state index contributed by atoms with van der Waals surface area (Å²) in [6, 6.07) is 16.6. The van der Waals surface area contributed by atoms with Crippen molar-refractivity contribution in [1.29, 1.82) is 0 Å². The molecule has 0 aromatic heterocycles. The number of nitrogens with one attached hydrogen (secondary N) is 2. The highest BCUT2D eigenvalue weighted by atomic mass is 35.5. The number of Topliss-reactive ketones (excluding diaryl/α,β-unsaturated/α-hetero) is 1. The van der Waals surface area contributed by atoms with E-state index in [1.165, 1.54) is 5.56 Å². The van der Waals surface area contributed by atoms with E-state index in [9.17, 15) is 4.79 Å². The van der Waals surface area contributed by atoms with Crippen LogP contribution in [-0.4, -0.2) is 11.8 Å². The third-order valence-corrected chi connectivity index (χ3v) is 5.18. The van der Waals surface area contributed by atoms with Crippen LogP contribution in [0.2, 0.25) is 5.02 Å². The van der Waals surface area contributed by atoms with Crippen LogP contribution < -0.4 is 10.6 Å². The summed E-state index contributed by atoms with van der Waals surface area (Å²) in [7, 11) is 0. The first kappa shape index (κ1) is 18.5. The van der Waals surface area contributed by atoms with Crippen LogP contribution in [-0.2, 0) is 11.2 Å². The Balaban J connectivity index is 1.73. The van der Waals surface area contributed by atoms with Gasteiger partial charge in [0.05, 0.1) is 16.4 Å². The lowest BCUT2D eigenvalue weighted by atomic mass is 9.96. The molecule has 3 nitrogen and oxygen atoms in total. The maximum atomic E-state index is 11.9. The molecule has 2 aromatic carbocycles. The molecule has 1 aliphatic carbocycles. The van der Waals surface area contributed by atoms with Gasteiger partial charge in [0.2, 0.25) is 0 Å². The lowest BCUT2D eigenvalue weighted by molar-refractivity contribution is -0.116. The first-order chi connectivity index (χ1) is 12.5. The molecule has 0 heterocycles. The zero-order valence-corrected chi connectivity index (χ0v) is 16.1. The van der Waals surface area contributed by atoms with E-state index in [-0.39, 0.29) is 11.8 Å². The molecule has 0 aliphatic heterocycles. The summed E-state index contributed by atoms with van der Waals surface area (Å²) in [5.41, 5.74) is 4.84. The van der Waals surface area contributed by atoms with Gasteiger partial charge in [-0.3, -0.25) is 4.79 Å². The van der Waals surface area contributed by atoms with Gasteiger partial charge in [-0.1, -0.05) is 48.0 Å². The fraction of sp³-hybridized carbons (Fsp3) is 0.318. The molecule has 2 aromatic rings. The number of hydrogen-bond donors (Lipinski definition) is 2. The molecule has 1 aliphatic rings. The smallest absolute Gasteiger partial charge is 0.160 e. The van der Waals surface area contributed by atoms with Gasteiger partial charge >= 0.3 is 0 Å². The number of rotatable bonds is 6. The van der Waals surface area contributed by atoms with Gasteiger partial charge in [-0.2, -0.15) is 0 Å². The highest BCUT2D eigenvalue weighted by molar-refractivity contribution is 6.36. The Morgan fingerprint density at radius 2 is 1.77 bits per heavy atom. The van der Waals surface area contributed by atoms with E-state index >= 15 is 0 Å². The van der Waals surface area contributed by atoms with Crippen molar-refractivity contribution in [1.82, 2.24) is 0 Å². The number of anilines is 2. The number of allylic oxidation sites excluding steroid dienone is 2. The molecule has 0 spiro atoms. The second-order valence-corrected chi connectivity index (χ2v) is 7.29. The highest BCUT2D eigenvalue weighted by Gasteiger charge is 2.18. The van der Waals surface area contributed by atoms with Gasteiger partial charge in [-0.25, -0.2) is 0 Å². The van der Waals surface area contributed by atoms with E-state index in [1.54, 1.807) is 0 Å². The Kier molecular flexibility index (Phi) is 6.00. The van der Waals surface area contributed by atoms with Gasteiger partial charge < -0.3 is 10.6 Å². The molecule has 0 saturated carbocycles. The monoisotopic (exact) mass is 368 g/mol. The second-order valence-electron chi connectivity index (χ2n) is 6.91. The molecule has 3 rings (SSSR count). The zero-order valence-electron chi connectivity index (χ0n) is 15.3. The van der Waals surface area contributed by atoms with E-state index in [2.05, 4.69) is 41.8 Å². The molecule has 4 heteroatoms. The Morgan fingerprint density at radius 1 is 1.04 bits per heavy atom. The molecule has 0 bridgehead atoms. The summed E-state index contributed by atoms with van der Waals surface area (Å²) in [4.78, 5) is 11.9. The molecule has 1 unspecified atom stereocenters. The average molecular weight is 369 g/mol. The van der Waals surface area contributed by atoms with Crippen LogP contribution >= 0.6 is 11.6 Å². The third kappa shape index (κ3) is 4.47. The summed E-state index contributed by atoms with van der Waals surface area (Å²) in [6.45, 7) is 4.04. The Hall–Kier alpha value is -2.26. The molecule has 0 saturated heterocycles. The predicted molar refractivity (Wildman–Crippen MR) is 110 cm³/mol. The van der Waals surface area contributed by atoms with Crippen molar-refractivity contribution < 1.29 is 4.79 Å². The largest absolute Gasteiger partial charge is 0.381 e. The number of benzene rings is 2. The highest BCUT2D eigenvalue weighted by Crippen LogP contribution is 2.33. The maximum Gasteiger partial charge on any atom is 0.160 e. The maximum absolute atomic E-state index is 11.9. The first-order valence-electron chi connectivity index (χ1n) is 9.13. The lowest BCUT2D eigenvalue weighted by Crippen LogP contribution is -2.19. The standard InChI is InChI=1S/C22H25ClN2O/c1-15(14-17-8-4-3-5-9-17)24-19-11-6-12-20(22(19)23)25-18-10-7-13-21(26)16(18)2/h3-6,8-9,11-12,15,24-25H,7,10,13-14H2,1-2H3. The summed E-state index contributed by atoms with van der Waals surface area (Å²) < 4.78 is 0. The number of carbonyl (C=O) groups is 1. The topological polar surface area (TPSA) is 41.1 Å². The number of carbonyl (C=O) groups excluding carboxylic acids is 1. The molecular formula is C22H25ClN2O. The quantitative estimate of drug-likeness (QED) is 0.674. The van der Waals surface area contributed by atoms with E-state index in [4.69, 9.17) is 11.6 Å². The number of halogens is 1. The van der Waals surface area contributed by atoms with Crippen LogP contribution in [0.5, 0.6) is 0 Å². The van der Waals surface area contributed by atoms with Crippen molar-refractivity contribution in [3.63, 3.8) is 0 Å². The molecule has 2 N–H and O–H groups in total. The van der Waals surface area contributed by atoms with E-state index < -0.39 is 0 Å². The minimum Gasteiger partial charge on any atom is -0.381 e. The summed E-state index contributed by atoms with van der Waals surface area (Å²) in [5, 5.41) is 7.54. The fourth-order valence-corrected chi connectivity index (χ4v) is 3.54. The van der Waals surface area contributed by atoms with Gasteiger partial charge in [-0.15, -0.1) is 0 Å². The van der Waals surface area contributed by atoms with Crippen molar-refractivity contribution in [2.75, 3.05) is 10.6 Å². The molecular weight excluding hydrogens is 344 g/mol. The van der Waals surface area contributed by atoms with Crippen molar-refractivity contribution in [2.45, 2.75) is 45.6 Å². The van der Waals surface area contributed by atoms with Gasteiger partial charge in [-0.05, 0) is 50.8 Å². The molecule has 26 heavy (non-hydrogen) atoms. The number of ketones is 1. The summed E-state index contributed by atoms with van der Waals surface area (Å²) in [5.74, 6) is 0.223. The zero-order chi connectivity index (χ0) is 18.5. The minimum atomic E-state index is 0.223. The van der Waals surface area contributed by atoms with Crippen LogP contribution in [0.1, 0.15) is 38.7 Å². The van der Waals surface area contributed by atoms with Crippen LogP contribution in [0, 0.1) is 0 Å². The first-order valence-corrected chi connectivity index (χ1v) is 9.51. The van der Waals surface area contributed by atoms with Crippen molar-refractivity contribution >= 4 is 28.8 Å². The van der Waals surface area contributed by atoms with Crippen LogP contribution in [0.15, 0.2) is 59.8 Å². The van der Waals surface area contributed by atoms with Crippen molar-refractivity contribution in [3.05, 3.63) is 70.4 Å². The molecule has 0 radical (unpaired) electrons. The van der Waals surface area contributed by atoms with Crippen LogP contribution in [0.25, 0.3) is 0 Å². The summed E-state index contributed by atoms with van der Waals surface area (Å²) >= 11 is 6.63. The lowest BCUT2D eigenvalue weighted by Gasteiger charge is -2.21. The van der Waals surface area contributed by atoms with Gasteiger partial charge in [0, 0.05) is 23.7 Å². The van der Waals surface area contributed by atoms with Gasteiger partial charge in [0.15, 0.2) is 5.78 Å². The molecule has 0 amide bonds. The summed E-state index contributed by atoms with van der Waals surface area (Å²) in [6.07, 6.45) is 3.34. The molecule has 0 fully saturated rings. The Labute approximate surface area is 160 Å². The van der Waals surface area contributed by atoms with E-state index in [0.29, 0.717) is 11.4 Å². The van der Waals surface area contributed by atoms with Crippen LogP contribution in [0.3, 0.4) is 0 Å². The predicted octanol–water partition coefficient (Wildman–Crippen LogP) is 5.82.